The summed E-state index contributed by atoms with van der Waals surface area (Å²) >= 11 is 1.79. The third-order valence-electron chi connectivity index (χ3n) is 4.36. The number of nitrogens with one attached hydrogen (secondary N) is 1. The van der Waals surface area contributed by atoms with Crippen molar-refractivity contribution in [3.63, 3.8) is 0 Å². The Morgan fingerprint density at radius 2 is 2.26 bits per heavy atom. The molecule has 0 spiro atoms. The van der Waals surface area contributed by atoms with Crippen LogP contribution in [-0.2, 0) is 6.54 Å². The topological polar surface area (TPSA) is 28.2 Å². The molecular formula is C15H27N3S. The van der Waals surface area contributed by atoms with Gasteiger partial charge >= 0.3 is 0 Å². The summed E-state index contributed by atoms with van der Waals surface area (Å²) in [4.78, 5) is 7.18. The van der Waals surface area contributed by atoms with E-state index < -0.39 is 0 Å². The fourth-order valence-corrected chi connectivity index (χ4v) is 3.73. The molecule has 1 N–H and O–H groups in total. The van der Waals surface area contributed by atoms with Crippen LogP contribution in [0.5, 0.6) is 0 Å². The van der Waals surface area contributed by atoms with Crippen LogP contribution in [0.1, 0.15) is 44.3 Å². The molecule has 2 rings (SSSR count). The molecule has 1 aromatic heterocycles. The van der Waals surface area contributed by atoms with E-state index in [4.69, 9.17) is 0 Å². The average molecular weight is 281 g/mol. The summed E-state index contributed by atoms with van der Waals surface area (Å²) in [6.07, 6.45) is 2.48. The largest absolute Gasteiger partial charge is 0.314 e. The summed E-state index contributed by atoms with van der Waals surface area (Å²) in [6, 6.07) is 1.32. The Labute approximate surface area is 121 Å². The first-order chi connectivity index (χ1) is 9.11. The highest BCUT2D eigenvalue weighted by atomic mass is 32.1. The normalized spacial score (nSPS) is 28.7. The monoisotopic (exact) mass is 281 g/mol. The van der Waals surface area contributed by atoms with E-state index >= 15 is 0 Å². The first kappa shape index (κ1) is 14.9. The Hall–Kier alpha value is -0.450. The highest BCUT2D eigenvalue weighted by Crippen LogP contribution is 2.26. The predicted octanol–water partition coefficient (Wildman–Crippen LogP) is 3.05. The quantitative estimate of drug-likeness (QED) is 0.899. The van der Waals surface area contributed by atoms with E-state index in [1.807, 2.05) is 0 Å². The second-order valence-corrected chi connectivity index (χ2v) is 6.74. The standard InChI is InChI=1S/C15H27N3S/c1-5-7-16-14-6-8-18(13(4)12(14)3)9-15-17-11(2)10-19-15/h10,12-14,16H,5-9H2,1-4H3. The van der Waals surface area contributed by atoms with Crippen molar-refractivity contribution in [2.75, 3.05) is 13.1 Å². The second kappa shape index (κ2) is 6.82. The molecule has 3 unspecified atom stereocenters. The van der Waals surface area contributed by atoms with Gasteiger partial charge in [-0.15, -0.1) is 11.3 Å². The van der Waals surface area contributed by atoms with Gasteiger partial charge in [-0.05, 0) is 39.2 Å². The summed E-state index contributed by atoms with van der Waals surface area (Å²) in [5, 5.41) is 7.11. The highest BCUT2D eigenvalue weighted by molar-refractivity contribution is 7.09. The van der Waals surface area contributed by atoms with Crippen molar-refractivity contribution in [1.82, 2.24) is 15.2 Å². The molecule has 1 fully saturated rings. The lowest BCUT2D eigenvalue weighted by molar-refractivity contribution is 0.0784. The number of hydrogen-bond acceptors (Lipinski definition) is 4. The van der Waals surface area contributed by atoms with Crippen molar-refractivity contribution in [2.45, 2.75) is 59.2 Å². The fourth-order valence-electron chi connectivity index (χ4n) is 2.93. The zero-order valence-electron chi connectivity index (χ0n) is 12.6. The number of hydrogen-bond donors (Lipinski definition) is 1. The molecule has 1 aliphatic heterocycles. The molecule has 1 aliphatic rings. The first-order valence-corrected chi connectivity index (χ1v) is 8.38. The molecule has 0 aromatic carbocycles. The highest BCUT2D eigenvalue weighted by Gasteiger charge is 2.32. The van der Waals surface area contributed by atoms with Gasteiger partial charge in [-0.3, -0.25) is 4.90 Å². The van der Waals surface area contributed by atoms with Gasteiger partial charge in [0.25, 0.3) is 0 Å². The number of nitrogens with zero attached hydrogens (tertiary/aromatic N) is 2. The zero-order chi connectivity index (χ0) is 13.8. The number of aromatic nitrogens is 1. The van der Waals surface area contributed by atoms with Crippen molar-refractivity contribution in [3.8, 4) is 0 Å². The molecule has 1 saturated heterocycles. The minimum Gasteiger partial charge on any atom is -0.314 e. The van der Waals surface area contributed by atoms with Crippen LogP contribution in [0.25, 0.3) is 0 Å². The molecule has 0 saturated carbocycles. The molecule has 3 atom stereocenters. The first-order valence-electron chi connectivity index (χ1n) is 7.50. The van der Waals surface area contributed by atoms with Gasteiger partial charge in [-0.1, -0.05) is 13.8 Å². The van der Waals surface area contributed by atoms with Gasteiger partial charge in [-0.25, -0.2) is 4.98 Å². The molecule has 3 nitrogen and oxygen atoms in total. The van der Waals surface area contributed by atoms with Gasteiger partial charge in [0.1, 0.15) is 5.01 Å². The molecule has 0 bridgehead atoms. The maximum absolute atomic E-state index is 4.59. The molecular weight excluding hydrogens is 254 g/mol. The Morgan fingerprint density at radius 1 is 1.47 bits per heavy atom. The van der Waals surface area contributed by atoms with Crippen LogP contribution in [0.2, 0.25) is 0 Å². The van der Waals surface area contributed by atoms with Crippen LogP contribution in [0.3, 0.4) is 0 Å². The van der Waals surface area contributed by atoms with E-state index in [0.717, 1.165) is 18.8 Å². The molecule has 4 heteroatoms. The lowest BCUT2D eigenvalue weighted by Crippen LogP contribution is -2.53. The van der Waals surface area contributed by atoms with E-state index in [0.29, 0.717) is 18.0 Å². The van der Waals surface area contributed by atoms with Gasteiger partial charge in [0.05, 0.1) is 6.54 Å². The van der Waals surface area contributed by atoms with Crippen molar-refractivity contribution in [1.29, 1.82) is 0 Å². The van der Waals surface area contributed by atoms with Crippen LogP contribution in [0, 0.1) is 12.8 Å². The van der Waals surface area contributed by atoms with Gasteiger partial charge < -0.3 is 5.32 Å². The Kier molecular flexibility index (Phi) is 5.37. The van der Waals surface area contributed by atoms with Crippen molar-refractivity contribution >= 4 is 11.3 Å². The molecule has 19 heavy (non-hydrogen) atoms. The summed E-state index contributed by atoms with van der Waals surface area (Å²) in [7, 11) is 0. The lowest BCUT2D eigenvalue weighted by atomic mass is 9.87. The summed E-state index contributed by atoms with van der Waals surface area (Å²) in [6.45, 7) is 12.4. The van der Waals surface area contributed by atoms with Gasteiger partial charge in [-0.2, -0.15) is 0 Å². The van der Waals surface area contributed by atoms with E-state index in [-0.39, 0.29) is 0 Å². The Balaban J connectivity index is 1.91. The van der Waals surface area contributed by atoms with E-state index in [2.05, 4.69) is 48.3 Å². The van der Waals surface area contributed by atoms with Crippen molar-refractivity contribution in [2.24, 2.45) is 5.92 Å². The van der Waals surface area contributed by atoms with E-state index in [9.17, 15) is 0 Å². The van der Waals surface area contributed by atoms with Gasteiger partial charge in [0, 0.05) is 29.7 Å². The van der Waals surface area contributed by atoms with E-state index in [1.165, 1.54) is 24.4 Å². The van der Waals surface area contributed by atoms with Crippen LogP contribution in [0.15, 0.2) is 5.38 Å². The van der Waals surface area contributed by atoms with Gasteiger partial charge in [0.2, 0.25) is 0 Å². The molecule has 0 amide bonds. The van der Waals surface area contributed by atoms with Crippen LogP contribution >= 0.6 is 11.3 Å². The number of rotatable bonds is 5. The number of piperidine rings is 1. The van der Waals surface area contributed by atoms with E-state index in [1.54, 1.807) is 11.3 Å². The zero-order valence-corrected chi connectivity index (χ0v) is 13.5. The SMILES string of the molecule is CCCNC1CCN(Cc2nc(C)cs2)C(C)C1C. The molecule has 0 radical (unpaired) electrons. The summed E-state index contributed by atoms with van der Waals surface area (Å²) in [5.41, 5.74) is 1.15. The molecule has 2 heterocycles. The van der Waals surface area contributed by atoms with Crippen LogP contribution in [0.4, 0.5) is 0 Å². The van der Waals surface area contributed by atoms with Crippen molar-refractivity contribution in [3.05, 3.63) is 16.1 Å². The number of thiazole rings is 1. The minimum absolute atomic E-state index is 0.632. The summed E-state index contributed by atoms with van der Waals surface area (Å²) in [5.74, 6) is 0.710. The molecule has 0 aliphatic carbocycles. The number of aryl methyl sites for hydroxylation is 1. The predicted molar refractivity (Wildman–Crippen MR) is 82.6 cm³/mol. The van der Waals surface area contributed by atoms with Crippen LogP contribution in [-0.4, -0.2) is 35.1 Å². The Morgan fingerprint density at radius 3 is 2.89 bits per heavy atom. The number of likely N-dealkylation sites (tertiary alicyclic amines) is 1. The maximum atomic E-state index is 4.59. The summed E-state index contributed by atoms with van der Waals surface area (Å²) < 4.78 is 0. The third kappa shape index (κ3) is 3.77. The van der Waals surface area contributed by atoms with Crippen molar-refractivity contribution < 1.29 is 0 Å². The second-order valence-electron chi connectivity index (χ2n) is 5.80. The molecule has 1 aromatic rings. The smallest absolute Gasteiger partial charge is 0.107 e. The maximum Gasteiger partial charge on any atom is 0.107 e. The lowest BCUT2D eigenvalue weighted by Gasteiger charge is -2.42. The Bertz CT molecular complexity index is 390. The average Bonchev–Trinajstić information content (AvgIpc) is 2.80. The fraction of sp³-hybridized carbons (Fsp3) is 0.800. The molecule has 108 valence electrons. The third-order valence-corrected chi connectivity index (χ3v) is 5.31. The van der Waals surface area contributed by atoms with Crippen LogP contribution < -0.4 is 5.32 Å². The minimum atomic E-state index is 0.632. The van der Waals surface area contributed by atoms with Gasteiger partial charge in [0.15, 0.2) is 0 Å².